The molecule has 0 atom stereocenters. The van der Waals surface area contributed by atoms with Crippen molar-refractivity contribution in [1.82, 2.24) is 4.90 Å². The van der Waals surface area contributed by atoms with Gasteiger partial charge in [-0.1, -0.05) is 24.9 Å². The number of carbonyl (C=O) groups excluding carboxylic acids is 1. The zero-order chi connectivity index (χ0) is 15.0. The molecule has 20 heavy (non-hydrogen) atoms. The van der Waals surface area contributed by atoms with Crippen LogP contribution >= 0.6 is 11.6 Å². The lowest BCUT2D eigenvalue weighted by Gasteiger charge is -2.20. The molecular weight excluding hydrogens is 276 g/mol. The number of halogens is 1. The lowest BCUT2D eigenvalue weighted by molar-refractivity contribution is -0.117. The molecule has 0 unspecified atom stereocenters. The normalized spacial score (nSPS) is 10.8. The van der Waals surface area contributed by atoms with Gasteiger partial charge < -0.3 is 10.4 Å². The number of benzene rings is 1. The number of aliphatic hydroxyl groups excluding tert-OH is 1. The van der Waals surface area contributed by atoms with Gasteiger partial charge in [-0.05, 0) is 43.7 Å². The Morgan fingerprint density at radius 2 is 2.15 bits per heavy atom. The molecule has 4 nitrogen and oxygen atoms in total. The van der Waals surface area contributed by atoms with Crippen LogP contribution in [0.2, 0.25) is 5.02 Å². The second-order valence-corrected chi connectivity index (χ2v) is 5.30. The van der Waals surface area contributed by atoms with Crippen LogP contribution in [0.25, 0.3) is 0 Å². The number of amides is 1. The van der Waals surface area contributed by atoms with Crippen molar-refractivity contribution in [2.45, 2.75) is 26.7 Å². The van der Waals surface area contributed by atoms with Crippen LogP contribution in [0.3, 0.4) is 0 Å². The molecule has 1 rings (SSSR count). The van der Waals surface area contributed by atoms with E-state index in [1.807, 2.05) is 17.9 Å². The van der Waals surface area contributed by atoms with Crippen molar-refractivity contribution in [2.75, 3.05) is 31.6 Å². The van der Waals surface area contributed by atoms with Gasteiger partial charge in [0.15, 0.2) is 0 Å². The van der Waals surface area contributed by atoms with Crippen LogP contribution in [-0.4, -0.2) is 42.2 Å². The van der Waals surface area contributed by atoms with Gasteiger partial charge in [-0.25, -0.2) is 0 Å². The molecule has 0 spiro atoms. The van der Waals surface area contributed by atoms with E-state index in [9.17, 15) is 4.79 Å². The quantitative estimate of drug-likeness (QED) is 0.776. The summed E-state index contributed by atoms with van der Waals surface area (Å²) in [7, 11) is 0. The highest BCUT2D eigenvalue weighted by Crippen LogP contribution is 2.19. The number of nitrogens with zero attached hydrogens (tertiary/aromatic N) is 1. The lowest BCUT2D eigenvalue weighted by Crippen LogP contribution is -2.36. The van der Waals surface area contributed by atoms with Crippen molar-refractivity contribution in [3.8, 4) is 0 Å². The summed E-state index contributed by atoms with van der Waals surface area (Å²) in [6, 6.07) is 5.38. The van der Waals surface area contributed by atoms with Gasteiger partial charge in [-0.2, -0.15) is 0 Å². The Labute approximate surface area is 125 Å². The molecule has 0 aliphatic carbocycles. The average molecular weight is 299 g/mol. The molecule has 0 fully saturated rings. The Balaban J connectivity index is 2.55. The van der Waals surface area contributed by atoms with Crippen molar-refractivity contribution < 1.29 is 9.90 Å². The third-order valence-corrected chi connectivity index (χ3v) is 3.31. The summed E-state index contributed by atoms with van der Waals surface area (Å²) in [5.74, 6) is -0.0695. The first-order valence-corrected chi connectivity index (χ1v) is 7.33. The van der Waals surface area contributed by atoms with Gasteiger partial charge in [0.25, 0.3) is 0 Å². The molecule has 0 aromatic heterocycles. The predicted octanol–water partition coefficient (Wildman–Crippen LogP) is 2.68. The van der Waals surface area contributed by atoms with Crippen LogP contribution in [0.5, 0.6) is 0 Å². The largest absolute Gasteiger partial charge is 0.395 e. The molecule has 1 amide bonds. The number of carbonyl (C=O) groups is 1. The molecule has 112 valence electrons. The summed E-state index contributed by atoms with van der Waals surface area (Å²) >= 11 is 5.89. The average Bonchev–Trinajstić information content (AvgIpc) is 2.39. The van der Waals surface area contributed by atoms with E-state index in [0.717, 1.165) is 30.6 Å². The highest BCUT2D eigenvalue weighted by Gasteiger charge is 2.11. The van der Waals surface area contributed by atoms with Gasteiger partial charge in [-0.3, -0.25) is 9.69 Å². The van der Waals surface area contributed by atoms with E-state index in [0.29, 0.717) is 18.1 Å². The number of anilines is 1. The van der Waals surface area contributed by atoms with E-state index in [-0.39, 0.29) is 12.5 Å². The Kier molecular flexibility index (Phi) is 7.59. The first-order valence-electron chi connectivity index (χ1n) is 6.96. The number of hydrogen-bond donors (Lipinski definition) is 2. The number of rotatable bonds is 8. The SMILES string of the molecule is CCCCN(CCO)CC(=O)Nc1ccc(Cl)cc1C. The Bertz CT molecular complexity index is 438. The van der Waals surface area contributed by atoms with Gasteiger partial charge in [0.2, 0.25) is 5.91 Å². The lowest BCUT2D eigenvalue weighted by atomic mass is 10.2. The molecular formula is C15H23ClN2O2. The number of hydrogen-bond acceptors (Lipinski definition) is 3. The van der Waals surface area contributed by atoms with Crippen LogP contribution < -0.4 is 5.32 Å². The molecule has 2 N–H and O–H groups in total. The fourth-order valence-electron chi connectivity index (χ4n) is 1.95. The molecule has 0 bridgehead atoms. The molecule has 0 saturated carbocycles. The third kappa shape index (κ3) is 5.90. The number of nitrogens with one attached hydrogen (secondary N) is 1. The highest BCUT2D eigenvalue weighted by atomic mass is 35.5. The van der Waals surface area contributed by atoms with Crippen LogP contribution in [0.4, 0.5) is 5.69 Å². The second-order valence-electron chi connectivity index (χ2n) is 4.86. The van der Waals surface area contributed by atoms with E-state index in [1.165, 1.54) is 0 Å². The van der Waals surface area contributed by atoms with Crippen LogP contribution in [-0.2, 0) is 4.79 Å². The standard InChI is InChI=1S/C15H23ClN2O2/c1-3-4-7-18(8-9-19)11-15(20)17-14-6-5-13(16)10-12(14)2/h5-6,10,19H,3-4,7-9,11H2,1-2H3,(H,17,20). The van der Waals surface area contributed by atoms with E-state index in [4.69, 9.17) is 16.7 Å². The summed E-state index contributed by atoms with van der Waals surface area (Å²) in [5.41, 5.74) is 1.71. The number of aliphatic hydroxyl groups is 1. The fourth-order valence-corrected chi connectivity index (χ4v) is 2.18. The molecule has 0 saturated heterocycles. The summed E-state index contributed by atoms with van der Waals surface area (Å²) in [6.07, 6.45) is 2.09. The van der Waals surface area contributed by atoms with Gasteiger partial charge in [0.05, 0.1) is 13.2 Å². The van der Waals surface area contributed by atoms with E-state index in [1.54, 1.807) is 12.1 Å². The molecule has 0 heterocycles. The maximum absolute atomic E-state index is 12.0. The summed E-state index contributed by atoms with van der Waals surface area (Å²) in [4.78, 5) is 14.0. The molecule has 0 aliphatic rings. The van der Waals surface area contributed by atoms with Crippen molar-refractivity contribution in [3.05, 3.63) is 28.8 Å². The molecule has 1 aromatic carbocycles. The minimum atomic E-state index is -0.0695. The Hall–Kier alpha value is -1.10. The summed E-state index contributed by atoms with van der Waals surface area (Å²) in [6.45, 7) is 5.72. The minimum absolute atomic E-state index is 0.0664. The Morgan fingerprint density at radius 3 is 2.75 bits per heavy atom. The van der Waals surface area contributed by atoms with E-state index < -0.39 is 0 Å². The maximum Gasteiger partial charge on any atom is 0.238 e. The topological polar surface area (TPSA) is 52.6 Å². The predicted molar refractivity (Wildman–Crippen MR) is 83.3 cm³/mol. The van der Waals surface area contributed by atoms with Gasteiger partial charge in [-0.15, -0.1) is 0 Å². The van der Waals surface area contributed by atoms with Crippen molar-refractivity contribution in [1.29, 1.82) is 0 Å². The number of unbranched alkanes of at least 4 members (excludes halogenated alkanes) is 1. The van der Waals surface area contributed by atoms with Crippen molar-refractivity contribution >= 4 is 23.2 Å². The number of aryl methyl sites for hydroxylation is 1. The van der Waals surface area contributed by atoms with Crippen molar-refractivity contribution in [2.24, 2.45) is 0 Å². The van der Waals surface area contributed by atoms with Crippen molar-refractivity contribution in [3.63, 3.8) is 0 Å². The first-order chi connectivity index (χ1) is 9.56. The zero-order valence-corrected chi connectivity index (χ0v) is 12.9. The van der Waals surface area contributed by atoms with Gasteiger partial charge >= 0.3 is 0 Å². The van der Waals surface area contributed by atoms with Crippen LogP contribution in [0.1, 0.15) is 25.3 Å². The molecule has 1 aromatic rings. The van der Waals surface area contributed by atoms with Crippen LogP contribution in [0.15, 0.2) is 18.2 Å². The first kappa shape index (κ1) is 17.0. The van der Waals surface area contributed by atoms with Crippen LogP contribution in [0, 0.1) is 6.92 Å². The molecule has 0 aliphatic heterocycles. The van der Waals surface area contributed by atoms with Gasteiger partial charge in [0.1, 0.15) is 0 Å². The zero-order valence-electron chi connectivity index (χ0n) is 12.2. The van der Waals surface area contributed by atoms with E-state index >= 15 is 0 Å². The fraction of sp³-hybridized carbons (Fsp3) is 0.533. The summed E-state index contributed by atoms with van der Waals surface area (Å²) < 4.78 is 0. The van der Waals surface area contributed by atoms with Gasteiger partial charge in [0, 0.05) is 17.3 Å². The smallest absolute Gasteiger partial charge is 0.238 e. The summed E-state index contributed by atoms with van der Waals surface area (Å²) in [5, 5.41) is 12.6. The third-order valence-electron chi connectivity index (χ3n) is 3.07. The highest BCUT2D eigenvalue weighted by molar-refractivity contribution is 6.30. The minimum Gasteiger partial charge on any atom is -0.395 e. The van der Waals surface area contributed by atoms with E-state index in [2.05, 4.69) is 12.2 Å². The molecule has 0 radical (unpaired) electrons. The second kappa shape index (κ2) is 8.95. The maximum atomic E-state index is 12.0. The monoisotopic (exact) mass is 298 g/mol. The Morgan fingerprint density at radius 1 is 1.40 bits per heavy atom. The molecule has 5 heteroatoms.